The number of aromatic nitrogens is 1. The first-order chi connectivity index (χ1) is 18.6. The molecule has 0 fully saturated rings. The highest BCUT2D eigenvalue weighted by Crippen LogP contribution is 2.47. The topological polar surface area (TPSA) is 99.6 Å². The number of aliphatic carboxylic acids is 1. The van der Waals surface area contributed by atoms with Crippen LogP contribution >= 0.6 is 0 Å². The predicted octanol–water partition coefficient (Wildman–Crippen LogP) is 6.14. The van der Waals surface area contributed by atoms with E-state index < -0.39 is 12.0 Å². The van der Waals surface area contributed by atoms with Gasteiger partial charge in [-0.05, 0) is 52.6 Å². The molecule has 0 saturated carbocycles. The van der Waals surface area contributed by atoms with E-state index in [1.165, 1.54) is 5.56 Å². The van der Waals surface area contributed by atoms with E-state index in [1.807, 2.05) is 30.3 Å². The van der Waals surface area contributed by atoms with Crippen molar-refractivity contribution in [2.24, 2.45) is 0 Å². The minimum atomic E-state index is -1.04. The zero-order chi connectivity index (χ0) is 27.7. The van der Waals surface area contributed by atoms with Crippen LogP contribution in [0, 0.1) is 0 Å². The summed E-state index contributed by atoms with van der Waals surface area (Å²) in [5.74, 6) is -1.45. The Morgan fingerprint density at radius 2 is 1.72 bits per heavy atom. The summed E-state index contributed by atoms with van der Waals surface area (Å²) in [4.78, 5) is 44.9. The van der Waals surface area contributed by atoms with E-state index in [1.54, 1.807) is 23.4 Å². The molecule has 2 aromatic carbocycles. The number of benzene rings is 2. The van der Waals surface area contributed by atoms with Crippen molar-refractivity contribution in [3.63, 3.8) is 0 Å². The van der Waals surface area contributed by atoms with Crippen molar-refractivity contribution in [2.75, 3.05) is 10.2 Å². The number of para-hydroxylation sites is 2. The van der Waals surface area contributed by atoms with Gasteiger partial charge in [-0.1, -0.05) is 63.2 Å². The van der Waals surface area contributed by atoms with E-state index >= 15 is 0 Å². The quantitative estimate of drug-likeness (QED) is 0.416. The predicted molar refractivity (Wildman–Crippen MR) is 151 cm³/mol. The molecule has 1 aliphatic carbocycles. The van der Waals surface area contributed by atoms with Gasteiger partial charge in [0.1, 0.15) is 0 Å². The van der Waals surface area contributed by atoms with Crippen LogP contribution in [0.1, 0.15) is 75.1 Å². The molecular weight excluding hydrogens is 490 g/mol. The average molecular weight is 524 g/mol. The smallest absolute Gasteiger partial charge is 0.303 e. The van der Waals surface area contributed by atoms with Gasteiger partial charge >= 0.3 is 5.97 Å². The zero-order valence-electron chi connectivity index (χ0n) is 22.5. The standard InChI is InChI=1S/C32H33N3O4/c1-32(2,3)23-12-10-20(11-13-23)22-17-25-30(27(36)18-22)31(21-7-6-16-33-19-21)35(28(37)14-15-29(38)39)26-9-5-4-8-24(26)34-25/h4-13,16,19,22,31,34H,14-15,17-18H2,1-3H3,(H,38,39)/t22-,31+/m1/s1. The average Bonchev–Trinajstić information content (AvgIpc) is 3.06. The van der Waals surface area contributed by atoms with Gasteiger partial charge in [-0.15, -0.1) is 0 Å². The van der Waals surface area contributed by atoms with Crippen LogP contribution in [0.15, 0.2) is 84.3 Å². The van der Waals surface area contributed by atoms with Gasteiger partial charge in [0.15, 0.2) is 5.78 Å². The van der Waals surface area contributed by atoms with E-state index in [2.05, 4.69) is 55.3 Å². The molecule has 2 heterocycles. The summed E-state index contributed by atoms with van der Waals surface area (Å²) >= 11 is 0. The fourth-order valence-electron chi connectivity index (χ4n) is 5.54. The molecule has 0 unspecified atom stereocenters. The molecule has 7 heteroatoms. The number of allylic oxidation sites excluding steroid dienone is 1. The van der Waals surface area contributed by atoms with Crippen molar-refractivity contribution in [3.8, 4) is 0 Å². The molecule has 200 valence electrons. The van der Waals surface area contributed by atoms with Crippen molar-refractivity contribution < 1.29 is 19.5 Å². The van der Waals surface area contributed by atoms with Crippen LogP contribution in [-0.4, -0.2) is 27.8 Å². The molecule has 0 spiro atoms. The summed E-state index contributed by atoms with van der Waals surface area (Å²) in [5.41, 5.74) is 5.71. The number of hydrogen-bond acceptors (Lipinski definition) is 5. The molecule has 0 radical (unpaired) electrons. The van der Waals surface area contributed by atoms with Crippen LogP contribution in [0.2, 0.25) is 0 Å². The number of Topliss-reactive ketones (excluding diaryl/α,β-unsaturated/α-hetero) is 1. The second-order valence-electron chi connectivity index (χ2n) is 11.3. The monoisotopic (exact) mass is 523 g/mol. The lowest BCUT2D eigenvalue weighted by Crippen LogP contribution is -2.38. The third-order valence-electron chi connectivity index (χ3n) is 7.56. The third-order valence-corrected chi connectivity index (χ3v) is 7.56. The van der Waals surface area contributed by atoms with Crippen LogP contribution in [0.5, 0.6) is 0 Å². The molecular formula is C32H33N3O4. The molecule has 1 aromatic heterocycles. The number of fused-ring (bicyclic) bond motifs is 1. The van der Waals surface area contributed by atoms with E-state index in [0.29, 0.717) is 35.4 Å². The molecule has 2 atom stereocenters. The van der Waals surface area contributed by atoms with Crippen molar-refractivity contribution in [2.45, 2.75) is 63.8 Å². The zero-order valence-corrected chi connectivity index (χ0v) is 22.5. The van der Waals surface area contributed by atoms with Crippen molar-refractivity contribution in [3.05, 3.63) is 101 Å². The summed E-state index contributed by atoms with van der Waals surface area (Å²) < 4.78 is 0. The Kier molecular flexibility index (Phi) is 7.08. The number of hydrogen-bond donors (Lipinski definition) is 2. The lowest BCUT2D eigenvalue weighted by atomic mass is 9.77. The van der Waals surface area contributed by atoms with Crippen molar-refractivity contribution >= 4 is 29.0 Å². The van der Waals surface area contributed by atoms with Crippen LogP contribution < -0.4 is 10.2 Å². The Morgan fingerprint density at radius 3 is 2.38 bits per heavy atom. The Hall–Kier alpha value is -4.26. The van der Waals surface area contributed by atoms with Gasteiger partial charge in [0, 0.05) is 36.5 Å². The number of pyridine rings is 1. The number of nitrogens with zero attached hydrogens (tertiary/aromatic N) is 2. The number of carbonyl (C=O) groups is 3. The molecule has 0 bridgehead atoms. The number of amides is 1. The SMILES string of the molecule is CC(C)(C)c1ccc([C@H]2CC(=O)C3=C(C2)Nc2ccccc2N(C(=O)CCC(=O)O)[C@H]3c2cccnc2)cc1. The Labute approximate surface area is 228 Å². The Bertz CT molecular complexity index is 1440. The summed E-state index contributed by atoms with van der Waals surface area (Å²) in [6.07, 6.45) is 3.78. The highest BCUT2D eigenvalue weighted by molar-refractivity contribution is 6.06. The minimum Gasteiger partial charge on any atom is -0.481 e. The van der Waals surface area contributed by atoms with Crippen LogP contribution in [0.25, 0.3) is 0 Å². The van der Waals surface area contributed by atoms with Crippen LogP contribution in [0.4, 0.5) is 11.4 Å². The van der Waals surface area contributed by atoms with Gasteiger partial charge < -0.3 is 10.4 Å². The number of ketones is 1. The molecule has 3 aromatic rings. The minimum absolute atomic E-state index is 0.00580. The molecule has 1 aliphatic heterocycles. The number of anilines is 2. The maximum atomic E-state index is 14.0. The molecule has 7 nitrogen and oxygen atoms in total. The van der Waals surface area contributed by atoms with Crippen LogP contribution in [0.3, 0.4) is 0 Å². The lowest BCUT2D eigenvalue weighted by molar-refractivity contribution is -0.138. The maximum absolute atomic E-state index is 14.0. The summed E-state index contributed by atoms with van der Waals surface area (Å²) in [7, 11) is 0. The second-order valence-corrected chi connectivity index (χ2v) is 11.3. The largest absolute Gasteiger partial charge is 0.481 e. The summed E-state index contributed by atoms with van der Waals surface area (Å²) in [5, 5.41) is 12.8. The first kappa shape index (κ1) is 26.4. The third kappa shape index (κ3) is 5.35. The Morgan fingerprint density at radius 1 is 0.974 bits per heavy atom. The van der Waals surface area contributed by atoms with E-state index in [4.69, 9.17) is 0 Å². The highest BCUT2D eigenvalue weighted by atomic mass is 16.4. The molecule has 2 N–H and O–H groups in total. The lowest BCUT2D eigenvalue weighted by Gasteiger charge is -2.35. The summed E-state index contributed by atoms with van der Waals surface area (Å²) in [6, 6.07) is 18.9. The van der Waals surface area contributed by atoms with E-state index in [9.17, 15) is 19.5 Å². The van der Waals surface area contributed by atoms with Crippen molar-refractivity contribution in [1.29, 1.82) is 0 Å². The molecule has 0 saturated heterocycles. The fraction of sp³-hybridized carbons (Fsp3) is 0.312. The number of carboxylic acid groups (broad SMARTS) is 1. The number of carbonyl (C=O) groups excluding carboxylic acids is 2. The first-order valence-corrected chi connectivity index (χ1v) is 13.3. The normalized spacial score (nSPS) is 19.1. The highest BCUT2D eigenvalue weighted by Gasteiger charge is 2.41. The fourth-order valence-corrected chi connectivity index (χ4v) is 5.54. The van der Waals surface area contributed by atoms with Gasteiger partial charge in [0.05, 0.1) is 23.8 Å². The second kappa shape index (κ2) is 10.5. The van der Waals surface area contributed by atoms with E-state index in [-0.39, 0.29) is 35.9 Å². The number of carboxylic acids is 1. The van der Waals surface area contributed by atoms with Crippen LogP contribution in [-0.2, 0) is 19.8 Å². The van der Waals surface area contributed by atoms with Gasteiger partial charge in [-0.3, -0.25) is 24.3 Å². The van der Waals surface area contributed by atoms with E-state index in [0.717, 1.165) is 11.3 Å². The van der Waals surface area contributed by atoms with Crippen molar-refractivity contribution in [1.82, 2.24) is 4.98 Å². The first-order valence-electron chi connectivity index (χ1n) is 13.3. The maximum Gasteiger partial charge on any atom is 0.303 e. The van der Waals surface area contributed by atoms with Gasteiger partial charge in [0.2, 0.25) is 5.91 Å². The van der Waals surface area contributed by atoms with Gasteiger partial charge in [-0.25, -0.2) is 0 Å². The summed E-state index contributed by atoms with van der Waals surface area (Å²) in [6.45, 7) is 6.54. The molecule has 5 rings (SSSR count). The molecule has 2 aliphatic rings. The Balaban J connectivity index is 1.62. The number of nitrogens with one attached hydrogen (secondary N) is 1. The van der Waals surface area contributed by atoms with Gasteiger partial charge in [-0.2, -0.15) is 0 Å². The number of rotatable bonds is 5. The van der Waals surface area contributed by atoms with Gasteiger partial charge in [0.25, 0.3) is 0 Å². The molecule has 1 amide bonds. The molecule has 39 heavy (non-hydrogen) atoms.